The van der Waals surface area contributed by atoms with Gasteiger partial charge in [0.2, 0.25) is 5.91 Å². The van der Waals surface area contributed by atoms with Gasteiger partial charge in [-0.05, 0) is 36.2 Å². The number of benzene rings is 4. The van der Waals surface area contributed by atoms with E-state index in [0.717, 1.165) is 56.0 Å². The van der Waals surface area contributed by atoms with E-state index in [-0.39, 0.29) is 5.91 Å². The van der Waals surface area contributed by atoms with Crippen LogP contribution in [0.4, 0.5) is 5.69 Å². The highest BCUT2D eigenvalue weighted by Crippen LogP contribution is 2.47. The lowest BCUT2D eigenvalue weighted by Gasteiger charge is -2.13. The lowest BCUT2D eigenvalue weighted by Crippen LogP contribution is -2.14. The number of H-pyrrole nitrogens is 1. The molecule has 0 bridgehead atoms. The Labute approximate surface area is 214 Å². The van der Waals surface area contributed by atoms with E-state index >= 15 is 0 Å². The lowest BCUT2D eigenvalue weighted by atomic mass is 9.88. The van der Waals surface area contributed by atoms with Crippen LogP contribution >= 0.6 is 0 Å². The fourth-order valence-electron chi connectivity index (χ4n) is 5.39. The summed E-state index contributed by atoms with van der Waals surface area (Å²) in [6.45, 7) is 2.08. The minimum Gasteiger partial charge on any atom is -0.339 e. The zero-order valence-corrected chi connectivity index (χ0v) is 20.3. The molecule has 1 atom stereocenters. The van der Waals surface area contributed by atoms with Crippen LogP contribution in [0.2, 0.25) is 0 Å². The molecule has 1 aliphatic heterocycles. The van der Waals surface area contributed by atoms with Crippen LogP contribution in [0, 0.1) is 6.92 Å². The number of aromatic nitrogens is 3. The van der Waals surface area contributed by atoms with Crippen LogP contribution in [0.15, 0.2) is 109 Å². The Morgan fingerprint density at radius 1 is 0.757 bits per heavy atom. The zero-order valence-electron chi connectivity index (χ0n) is 20.3. The molecule has 5 heteroatoms. The number of nitrogens with zero attached hydrogens (tertiary/aromatic N) is 2. The van der Waals surface area contributed by atoms with Gasteiger partial charge in [0.05, 0.1) is 22.7 Å². The maximum absolute atomic E-state index is 13.6. The highest BCUT2D eigenvalue weighted by molar-refractivity contribution is 6.11. The molecule has 0 aliphatic carbocycles. The van der Waals surface area contributed by atoms with Gasteiger partial charge in [-0.15, -0.1) is 0 Å². The van der Waals surface area contributed by atoms with Gasteiger partial charge >= 0.3 is 0 Å². The van der Waals surface area contributed by atoms with Crippen LogP contribution in [0.3, 0.4) is 0 Å². The van der Waals surface area contributed by atoms with Crippen LogP contribution in [-0.2, 0) is 4.79 Å². The number of hydrogen-bond donors (Lipinski definition) is 2. The minimum atomic E-state index is -0.461. The molecule has 4 aromatic carbocycles. The molecular weight excluding hydrogens is 456 g/mol. The Morgan fingerprint density at radius 2 is 1.43 bits per heavy atom. The Balaban J connectivity index is 1.61. The summed E-state index contributed by atoms with van der Waals surface area (Å²) in [7, 11) is 0. The third kappa shape index (κ3) is 3.39. The predicted octanol–water partition coefficient (Wildman–Crippen LogP) is 7.08. The smallest absolute Gasteiger partial charge is 0.236 e. The number of aromatic amines is 1. The molecule has 2 N–H and O–H groups in total. The molecule has 37 heavy (non-hydrogen) atoms. The van der Waals surface area contributed by atoms with Gasteiger partial charge in [0, 0.05) is 16.8 Å². The van der Waals surface area contributed by atoms with E-state index in [1.54, 1.807) is 0 Å². The summed E-state index contributed by atoms with van der Waals surface area (Å²) >= 11 is 0. The molecule has 5 nitrogen and oxygen atoms in total. The lowest BCUT2D eigenvalue weighted by molar-refractivity contribution is -0.116. The zero-order chi connectivity index (χ0) is 24.9. The number of nitrogens with one attached hydrogen (secondary N) is 2. The second-order valence-corrected chi connectivity index (χ2v) is 9.47. The van der Waals surface area contributed by atoms with E-state index in [4.69, 9.17) is 5.10 Å². The quantitative estimate of drug-likeness (QED) is 0.283. The number of fused-ring (bicyclic) bond motifs is 2. The maximum atomic E-state index is 13.6. The van der Waals surface area contributed by atoms with Crippen molar-refractivity contribution in [1.29, 1.82) is 0 Å². The maximum Gasteiger partial charge on any atom is 0.236 e. The fraction of sp³-hybridized carbons (Fsp3) is 0.0625. The molecule has 0 saturated heterocycles. The average Bonchev–Trinajstić information content (AvgIpc) is 3.60. The van der Waals surface area contributed by atoms with E-state index in [9.17, 15) is 4.79 Å². The average molecular weight is 481 g/mol. The third-order valence-corrected chi connectivity index (χ3v) is 7.14. The van der Waals surface area contributed by atoms with E-state index in [1.165, 1.54) is 5.56 Å². The summed E-state index contributed by atoms with van der Waals surface area (Å²) in [5.74, 6) is -0.487. The number of rotatable bonds is 4. The molecule has 1 aliphatic rings. The number of amides is 1. The van der Waals surface area contributed by atoms with Crippen molar-refractivity contribution in [3.05, 3.63) is 126 Å². The Bertz CT molecular complexity index is 1760. The highest BCUT2D eigenvalue weighted by atomic mass is 16.2. The topological polar surface area (TPSA) is 62.7 Å². The molecule has 1 amide bonds. The molecule has 0 radical (unpaired) electrons. The first kappa shape index (κ1) is 21.4. The summed E-state index contributed by atoms with van der Waals surface area (Å²) in [6, 6.07) is 36.7. The number of carbonyl (C=O) groups excluding carboxylic acids is 1. The Hall–Kier alpha value is -4.90. The van der Waals surface area contributed by atoms with Gasteiger partial charge < -0.3 is 10.3 Å². The molecule has 6 aromatic rings. The number of carbonyl (C=O) groups is 1. The van der Waals surface area contributed by atoms with Gasteiger partial charge in [0.15, 0.2) is 0 Å². The third-order valence-electron chi connectivity index (χ3n) is 7.14. The van der Waals surface area contributed by atoms with Gasteiger partial charge in [0.1, 0.15) is 11.3 Å². The van der Waals surface area contributed by atoms with Crippen LogP contribution in [0.25, 0.3) is 39.2 Å². The van der Waals surface area contributed by atoms with Crippen LogP contribution in [0.5, 0.6) is 0 Å². The summed E-state index contributed by atoms with van der Waals surface area (Å²) < 4.78 is 1.96. The van der Waals surface area contributed by atoms with Crippen LogP contribution in [-0.4, -0.2) is 20.7 Å². The summed E-state index contributed by atoms with van der Waals surface area (Å²) in [5, 5.41) is 9.17. The van der Waals surface area contributed by atoms with Crippen molar-refractivity contribution in [1.82, 2.24) is 14.8 Å². The molecule has 0 saturated carbocycles. The number of para-hydroxylation sites is 2. The highest BCUT2D eigenvalue weighted by Gasteiger charge is 2.37. The number of anilines is 1. The number of aryl methyl sites for hydroxylation is 1. The van der Waals surface area contributed by atoms with Crippen molar-refractivity contribution in [3.8, 4) is 28.2 Å². The SMILES string of the molecule is Cc1ccc(-c2[nH]c3c(c(-c4ccccc4)nn3-c3ccccc3)c2C2C(=O)Nc3ccccc32)cc1. The first-order valence-corrected chi connectivity index (χ1v) is 12.4. The van der Waals surface area contributed by atoms with Gasteiger partial charge in [-0.3, -0.25) is 4.79 Å². The standard InChI is InChI=1S/C32H24N4O/c1-20-16-18-22(19-17-20)29-27(26-24-14-8-9-15-25(24)33-32(26)37)28-30(21-10-4-2-5-11-21)35-36(31(28)34-29)23-12-6-3-7-13-23/h2-19,26,34H,1H3,(H,33,37). The summed E-state index contributed by atoms with van der Waals surface area (Å²) in [6.07, 6.45) is 0. The van der Waals surface area contributed by atoms with Gasteiger partial charge in [-0.2, -0.15) is 5.10 Å². The minimum absolute atomic E-state index is 0.0260. The second kappa shape index (κ2) is 8.35. The molecule has 178 valence electrons. The van der Waals surface area contributed by atoms with Crippen molar-refractivity contribution >= 4 is 22.6 Å². The van der Waals surface area contributed by atoms with E-state index in [2.05, 4.69) is 53.6 Å². The molecule has 7 rings (SSSR count). The molecule has 0 fully saturated rings. The second-order valence-electron chi connectivity index (χ2n) is 9.47. The number of hydrogen-bond acceptors (Lipinski definition) is 2. The van der Waals surface area contributed by atoms with E-state index < -0.39 is 5.92 Å². The summed E-state index contributed by atoms with van der Waals surface area (Å²) in [4.78, 5) is 17.3. The molecular formula is C32H24N4O. The molecule has 2 aromatic heterocycles. The van der Waals surface area contributed by atoms with Crippen molar-refractivity contribution < 1.29 is 4.79 Å². The summed E-state index contributed by atoms with van der Waals surface area (Å²) in [5.41, 5.74) is 9.62. The van der Waals surface area contributed by atoms with E-state index in [0.29, 0.717) is 0 Å². The van der Waals surface area contributed by atoms with Crippen LogP contribution in [0.1, 0.15) is 22.6 Å². The van der Waals surface area contributed by atoms with Gasteiger partial charge in [-0.1, -0.05) is 96.6 Å². The Kier molecular flexibility index (Phi) is 4.83. The molecule has 3 heterocycles. The first-order valence-electron chi connectivity index (χ1n) is 12.4. The van der Waals surface area contributed by atoms with Crippen molar-refractivity contribution in [2.75, 3.05) is 5.32 Å². The fourth-order valence-corrected chi connectivity index (χ4v) is 5.39. The van der Waals surface area contributed by atoms with Gasteiger partial charge in [0.25, 0.3) is 0 Å². The van der Waals surface area contributed by atoms with Crippen molar-refractivity contribution in [2.24, 2.45) is 0 Å². The first-order chi connectivity index (χ1) is 18.2. The van der Waals surface area contributed by atoms with Crippen LogP contribution < -0.4 is 5.32 Å². The largest absolute Gasteiger partial charge is 0.339 e. The normalized spacial score (nSPS) is 14.6. The van der Waals surface area contributed by atoms with E-state index in [1.807, 2.05) is 77.5 Å². The predicted molar refractivity (Wildman–Crippen MR) is 148 cm³/mol. The Morgan fingerprint density at radius 3 is 2.19 bits per heavy atom. The van der Waals surface area contributed by atoms with Gasteiger partial charge in [-0.25, -0.2) is 4.68 Å². The monoisotopic (exact) mass is 480 g/mol. The van der Waals surface area contributed by atoms with Crippen molar-refractivity contribution in [2.45, 2.75) is 12.8 Å². The molecule has 1 unspecified atom stereocenters. The van der Waals surface area contributed by atoms with Crippen molar-refractivity contribution in [3.63, 3.8) is 0 Å². The molecule has 0 spiro atoms.